The number of rotatable bonds is 2. The van der Waals surface area contributed by atoms with Crippen LogP contribution in [-0.2, 0) is 0 Å². The largest absolute Gasteiger partial charge is 0.494 e. The molecule has 3 aromatic rings. The normalized spacial score (nSPS) is 10.7. The van der Waals surface area contributed by atoms with E-state index in [4.69, 9.17) is 4.74 Å². The van der Waals surface area contributed by atoms with E-state index in [-0.39, 0.29) is 5.56 Å². The third-order valence-corrected chi connectivity index (χ3v) is 3.69. The third kappa shape index (κ3) is 2.12. The molecule has 20 heavy (non-hydrogen) atoms. The second-order valence-corrected chi connectivity index (χ2v) is 5.33. The van der Waals surface area contributed by atoms with Crippen molar-refractivity contribution in [3.05, 3.63) is 63.4 Å². The number of fused-ring (bicyclic) bond motifs is 1. The van der Waals surface area contributed by atoms with Gasteiger partial charge in [0.1, 0.15) is 0 Å². The minimum Gasteiger partial charge on any atom is -0.494 e. The van der Waals surface area contributed by atoms with Gasteiger partial charge in [-0.2, -0.15) is 0 Å². The van der Waals surface area contributed by atoms with Crippen LogP contribution in [-0.4, -0.2) is 12.1 Å². The number of hydrogen-bond acceptors (Lipinski definition) is 2. The van der Waals surface area contributed by atoms with Crippen LogP contribution in [0.15, 0.2) is 57.8 Å². The summed E-state index contributed by atoms with van der Waals surface area (Å²) in [4.78, 5) is 15.1. The second kappa shape index (κ2) is 5.13. The van der Waals surface area contributed by atoms with E-state index in [0.29, 0.717) is 16.8 Å². The highest BCUT2D eigenvalue weighted by Crippen LogP contribution is 2.33. The standard InChI is InChI=1S/C16H12BrNO2/c1-20-15-12-7-2-3-8-13(12)16(19)18-14(15)10-5-4-6-11(17)9-10/h2-9H,1H3,(H,18,19). The maximum atomic E-state index is 12.2. The van der Waals surface area contributed by atoms with E-state index in [1.165, 1.54) is 0 Å². The molecular formula is C16H12BrNO2. The number of halogens is 1. The number of aromatic amines is 1. The van der Waals surface area contributed by atoms with Crippen molar-refractivity contribution in [2.45, 2.75) is 0 Å². The van der Waals surface area contributed by atoms with Gasteiger partial charge in [0.15, 0.2) is 5.75 Å². The van der Waals surface area contributed by atoms with Gasteiger partial charge in [0.2, 0.25) is 0 Å². The van der Waals surface area contributed by atoms with Gasteiger partial charge in [-0.15, -0.1) is 0 Å². The number of pyridine rings is 1. The lowest BCUT2D eigenvalue weighted by Gasteiger charge is -2.11. The van der Waals surface area contributed by atoms with Crippen molar-refractivity contribution in [1.82, 2.24) is 4.98 Å². The van der Waals surface area contributed by atoms with Crippen LogP contribution in [0.2, 0.25) is 0 Å². The van der Waals surface area contributed by atoms with Crippen LogP contribution in [0.5, 0.6) is 5.75 Å². The molecule has 0 bridgehead atoms. The smallest absolute Gasteiger partial charge is 0.256 e. The van der Waals surface area contributed by atoms with Crippen LogP contribution in [0.1, 0.15) is 0 Å². The first-order chi connectivity index (χ1) is 9.70. The Bertz CT molecular complexity index is 839. The summed E-state index contributed by atoms with van der Waals surface area (Å²) in [5.74, 6) is 0.679. The van der Waals surface area contributed by atoms with Crippen molar-refractivity contribution in [3.8, 4) is 17.0 Å². The number of methoxy groups -OCH3 is 1. The molecule has 0 radical (unpaired) electrons. The molecule has 4 heteroatoms. The van der Waals surface area contributed by atoms with Gasteiger partial charge in [0, 0.05) is 15.4 Å². The van der Waals surface area contributed by atoms with Gasteiger partial charge in [0.05, 0.1) is 18.2 Å². The molecule has 0 unspecified atom stereocenters. The van der Waals surface area contributed by atoms with E-state index in [1.807, 2.05) is 42.5 Å². The topological polar surface area (TPSA) is 42.1 Å². The van der Waals surface area contributed by atoms with Gasteiger partial charge >= 0.3 is 0 Å². The molecule has 0 aliphatic carbocycles. The predicted octanol–water partition coefficient (Wildman–Crippen LogP) is 3.97. The van der Waals surface area contributed by atoms with Crippen molar-refractivity contribution in [3.63, 3.8) is 0 Å². The molecule has 0 atom stereocenters. The Morgan fingerprint density at radius 2 is 1.80 bits per heavy atom. The zero-order chi connectivity index (χ0) is 14.1. The molecule has 2 aromatic carbocycles. The van der Waals surface area contributed by atoms with Gasteiger partial charge in [-0.25, -0.2) is 0 Å². The van der Waals surface area contributed by atoms with Crippen LogP contribution >= 0.6 is 15.9 Å². The minimum absolute atomic E-state index is 0.114. The van der Waals surface area contributed by atoms with Crippen molar-refractivity contribution >= 4 is 26.7 Å². The number of H-pyrrole nitrogens is 1. The Kier molecular flexibility index (Phi) is 3.32. The van der Waals surface area contributed by atoms with E-state index >= 15 is 0 Å². The Morgan fingerprint density at radius 1 is 1.05 bits per heavy atom. The van der Waals surface area contributed by atoms with Gasteiger partial charge in [-0.05, 0) is 18.2 Å². The molecule has 0 amide bonds. The number of ether oxygens (including phenoxy) is 1. The first-order valence-corrected chi connectivity index (χ1v) is 6.95. The van der Waals surface area contributed by atoms with Gasteiger partial charge in [-0.3, -0.25) is 4.79 Å². The van der Waals surface area contributed by atoms with Crippen molar-refractivity contribution in [2.75, 3.05) is 7.11 Å². The lowest BCUT2D eigenvalue weighted by Crippen LogP contribution is -2.09. The number of hydrogen-bond donors (Lipinski definition) is 1. The molecule has 3 rings (SSSR count). The molecule has 0 aliphatic heterocycles. The Balaban J connectivity index is 2.39. The van der Waals surface area contributed by atoms with Crippen LogP contribution < -0.4 is 10.3 Å². The molecule has 0 saturated heterocycles. The van der Waals surface area contributed by atoms with E-state index in [2.05, 4.69) is 20.9 Å². The zero-order valence-corrected chi connectivity index (χ0v) is 12.4. The summed E-state index contributed by atoms with van der Waals surface area (Å²) in [5.41, 5.74) is 1.48. The Hall–Kier alpha value is -2.07. The van der Waals surface area contributed by atoms with E-state index in [1.54, 1.807) is 13.2 Å². The average Bonchev–Trinajstić information content (AvgIpc) is 2.47. The SMILES string of the molecule is COc1c(-c2cccc(Br)c2)[nH]c(=O)c2ccccc12. The van der Waals surface area contributed by atoms with E-state index in [0.717, 1.165) is 15.4 Å². The third-order valence-electron chi connectivity index (χ3n) is 3.20. The molecule has 0 spiro atoms. The highest BCUT2D eigenvalue weighted by atomic mass is 79.9. The lowest BCUT2D eigenvalue weighted by molar-refractivity contribution is 0.420. The Labute approximate surface area is 124 Å². The van der Waals surface area contributed by atoms with Gasteiger partial charge in [-0.1, -0.05) is 46.3 Å². The lowest BCUT2D eigenvalue weighted by atomic mass is 10.1. The maximum Gasteiger partial charge on any atom is 0.256 e. The summed E-state index contributed by atoms with van der Waals surface area (Å²) >= 11 is 3.44. The summed E-state index contributed by atoms with van der Waals surface area (Å²) in [5, 5.41) is 1.44. The van der Waals surface area contributed by atoms with Gasteiger partial charge in [0.25, 0.3) is 5.56 Å². The molecular weight excluding hydrogens is 318 g/mol. The summed E-state index contributed by atoms with van der Waals surface area (Å²) in [6.07, 6.45) is 0. The molecule has 1 aromatic heterocycles. The molecule has 100 valence electrons. The van der Waals surface area contributed by atoms with E-state index < -0.39 is 0 Å². The number of aromatic nitrogens is 1. The van der Waals surface area contributed by atoms with Gasteiger partial charge < -0.3 is 9.72 Å². The van der Waals surface area contributed by atoms with Crippen LogP contribution in [0.3, 0.4) is 0 Å². The van der Waals surface area contributed by atoms with Crippen molar-refractivity contribution < 1.29 is 4.74 Å². The number of nitrogens with one attached hydrogen (secondary N) is 1. The fourth-order valence-electron chi connectivity index (χ4n) is 2.31. The quantitative estimate of drug-likeness (QED) is 0.773. The summed E-state index contributed by atoms with van der Waals surface area (Å²) in [7, 11) is 1.61. The highest BCUT2D eigenvalue weighted by molar-refractivity contribution is 9.10. The summed E-state index contributed by atoms with van der Waals surface area (Å²) in [6.45, 7) is 0. The molecule has 0 fully saturated rings. The molecule has 0 aliphatic rings. The zero-order valence-electron chi connectivity index (χ0n) is 10.8. The van der Waals surface area contributed by atoms with Crippen LogP contribution in [0, 0.1) is 0 Å². The molecule has 1 N–H and O–H groups in total. The fraction of sp³-hybridized carbons (Fsp3) is 0.0625. The molecule has 1 heterocycles. The van der Waals surface area contributed by atoms with Crippen molar-refractivity contribution in [1.29, 1.82) is 0 Å². The van der Waals surface area contributed by atoms with Crippen LogP contribution in [0.25, 0.3) is 22.0 Å². The second-order valence-electron chi connectivity index (χ2n) is 4.42. The maximum absolute atomic E-state index is 12.2. The van der Waals surface area contributed by atoms with Crippen molar-refractivity contribution in [2.24, 2.45) is 0 Å². The molecule has 3 nitrogen and oxygen atoms in total. The predicted molar refractivity (Wildman–Crippen MR) is 84.3 cm³/mol. The monoisotopic (exact) mass is 329 g/mol. The first kappa shape index (κ1) is 12.9. The minimum atomic E-state index is -0.114. The van der Waals surface area contributed by atoms with Crippen LogP contribution in [0.4, 0.5) is 0 Å². The van der Waals surface area contributed by atoms with E-state index in [9.17, 15) is 4.79 Å². The molecule has 0 saturated carbocycles. The average molecular weight is 330 g/mol. The Morgan fingerprint density at radius 3 is 2.50 bits per heavy atom. The number of benzene rings is 2. The summed E-state index contributed by atoms with van der Waals surface area (Å²) < 4.78 is 6.47. The first-order valence-electron chi connectivity index (χ1n) is 6.15. The highest BCUT2D eigenvalue weighted by Gasteiger charge is 2.13. The fourth-order valence-corrected chi connectivity index (χ4v) is 2.71. The summed E-state index contributed by atoms with van der Waals surface area (Å²) in [6, 6.07) is 15.2.